The van der Waals surface area contributed by atoms with Gasteiger partial charge in [-0.3, -0.25) is 0 Å². The number of ether oxygens (including phenoxy) is 7. The van der Waals surface area contributed by atoms with Gasteiger partial charge in [-0.1, -0.05) is 115 Å². The number of carbonyl (C=O) groups is 3. The number of carboxylic acid groups (broad SMARTS) is 3. The standard InChI is InChI=1S/C25H21NO5.2C25H21NO4/c1-29-24-14-19(25(27)28)10-12-23(24)31-15-17-5-4-7-21(13-17)30-16-20-11-9-18-6-2-3-8-22(18)26-20;1-17-13-22(11-12-23(17)25(27)28)29-15-18-5-4-7-21(14-18)30-16-20-10-9-19-6-2-3-8-24(19)26-20;1-17-9-10-20(25(27)28)14-24(17)30-15-18-5-4-7-22(13-18)29-16-21-12-11-19-6-2-3-8-23(19)26-21/h2-14H,15-16H2,1H3,(H,27,28);2*2-14H,15-16H2,1H3,(H,27,28). The van der Waals surface area contributed by atoms with Crippen molar-refractivity contribution in [1.29, 1.82) is 0 Å². The van der Waals surface area contributed by atoms with Crippen molar-refractivity contribution < 1.29 is 62.9 Å². The third kappa shape index (κ3) is 17.5. The number of aryl methyl sites for hydroxylation is 2. The predicted octanol–water partition coefficient (Wildman–Crippen LogP) is 15.9. The molecule has 12 aromatic rings. The molecule has 0 fully saturated rings. The fourth-order valence-electron chi connectivity index (χ4n) is 9.48. The van der Waals surface area contributed by atoms with E-state index in [9.17, 15) is 14.4 Å². The van der Waals surface area contributed by atoms with Gasteiger partial charge in [0.25, 0.3) is 0 Å². The zero-order chi connectivity index (χ0) is 63.5. The van der Waals surface area contributed by atoms with Gasteiger partial charge in [-0.05, 0) is 163 Å². The average Bonchev–Trinajstić information content (AvgIpc) is 3.78. The Balaban J connectivity index is 0.000000150. The summed E-state index contributed by atoms with van der Waals surface area (Å²) in [6.07, 6.45) is 0. The fraction of sp³-hybridized carbons (Fsp3) is 0.120. The maximum atomic E-state index is 11.2. The van der Waals surface area contributed by atoms with Crippen LogP contribution in [0.3, 0.4) is 0 Å². The Bertz CT molecular complexity index is 4530. The molecule has 12 rings (SSSR count). The molecule has 16 heteroatoms. The van der Waals surface area contributed by atoms with Crippen LogP contribution < -0.4 is 33.2 Å². The summed E-state index contributed by atoms with van der Waals surface area (Å²) in [5, 5.41) is 30.7. The van der Waals surface area contributed by atoms with E-state index in [0.717, 1.165) is 83.5 Å². The lowest BCUT2D eigenvalue weighted by Gasteiger charge is -2.12. The van der Waals surface area contributed by atoms with E-state index in [1.54, 1.807) is 49.4 Å². The second-order valence-electron chi connectivity index (χ2n) is 20.9. The van der Waals surface area contributed by atoms with E-state index >= 15 is 0 Å². The molecular weight excluding hydrogens is 1150 g/mol. The lowest BCUT2D eigenvalue weighted by atomic mass is 10.1. The number of carboxylic acids is 3. The van der Waals surface area contributed by atoms with Crippen LogP contribution in [-0.2, 0) is 39.6 Å². The third-order valence-corrected chi connectivity index (χ3v) is 14.3. The number of aromatic carboxylic acids is 3. The molecule has 0 spiro atoms. The quantitative estimate of drug-likeness (QED) is 0.0575. The van der Waals surface area contributed by atoms with Crippen LogP contribution >= 0.6 is 0 Å². The van der Waals surface area contributed by atoms with Gasteiger partial charge in [0.2, 0.25) is 0 Å². The molecule has 3 aromatic heterocycles. The van der Waals surface area contributed by atoms with Crippen LogP contribution in [0.2, 0.25) is 0 Å². The van der Waals surface area contributed by atoms with Gasteiger partial charge in [-0.2, -0.15) is 0 Å². The van der Waals surface area contributed by atoms with Crippen molar-refractivity contribution in [2.75, 3.05) is 7.11 Å². The Morgan fingerprint density at radius 1 is 0.330 bits per heavy atom. The number of rotatable bonds is 22. The third-order valence-electron chi connectivity index (χ3n) is 14.3. The molecule has 9 aromatic carbocycles. The van der Waals surface area contributed by atoms with Gasteiger partial charge in [0.15, 0.2) is 11.5 Å². The first-order valence-electron chi connectivity index (χ1n) is 29.0. The Labute approximate surface area is 525 Å². The molecule has 91 heavy (non-hydrogen) atoms. The zero-order valence-electron chi connectivity index (χ0n) is 50.0. The van der Waals surface area contributed by atoms with E-state index in [1.165, 1.54) is 19.2 Å². The molecule has 0 saturated carbocycles. The van der Waals surface area contributed by atoms with E-state index in [1.807, 2.05) is 189 Å². The highest BCUT2D eigenvalue weighted by atomic mass is 16.5. The number of para-hydroxylation sites is 3. The van der Waals surface area contributed by atoms with Crippen LogP contribution in [0.15, 0.2) is 237 Å². The molecular formula is C75H63N3O13. The Morgan fingerprint density at radius 2 is 0.725 bits per heavy atom. The number of aromatic nitrogens is 3. The van der Waals surface area contributed by atoms with Crippen molar-refractivity contribution in [1.82, 2.24) is 15.0 Å². The molecule has 0 unspecified atom stereocenters. The second kappa shape index (κ2) is 30.2. The van der Waals surface area contributed by atoms with Gasteiger partial charge in [0.1, 0.15) is 68.4 Å². The first kappa shape index (κ1) is 62.3. The van der Waals surface area contributed by atoms with E-state index < -0.39 is 17.9 Å². The van der Waals surface area contributed by atoms with E-state index in [4.69, 9.17) is 48.5 Å². The number of pyridine rings is 3. The number of benzene rings is 9. The summed E-state index contributed by atoms with van der Waals surface area (Å²) >= 11 is 0. The molecule has 0 aliphatic carbocycles. The van der Waals surface area contributed by atoms with Crippen LogP contribution in [0.5, 0.6) is 40.2 Å². The molecule has 0 aliphatic rings. The van der Waals surface area contributed by atoms with Crippen LogP contribution in [0, 0.1) is 13.8 Å². The number of fused-ring (bicyclic) bond motifs is 3. The summed E-state index contributed by atoms with van der Waals surface area (Å²) in [4.78, 5) is 47.3. The minimum Gasteiger partial charge on any atom is -0.493 e. The molecule has 16 nitrogen and oxygen atoms in total. The summed E-state index contributed by atoms with van der Waals surface area (Å²) < 4.78 is 40.5. The van der Waals surface area contributed by atoms with E-state index in [0.29, 0.717) is 67.3 Å². The van der Waals surface area contributed by atoms with Crippen molar-refractivity contribution in [3.8, 4) is 40.2 Å². The van der Waals surface area contributed by atoms with Gasteiger partial charge in [0, 0.05) is 16.2 Å². The Morgan fingerprint density at radius 3 is 1.15 bits per heavy atom. The summed E-state index contributed by atoms with van der Waals surface area (Å²) in [5.74, 6) is 1.27. The maximum Gasteiger partial charge on any atom is 0.335 e. The first-order valence-corrected chi connectivity index (χ1v) is 29.0. The summed E-state index contributed by atoms with van der Waals surface area (Å²) in [6, 6.07) is 73.2. The Hall–Kier alpha value is -11.8. The van der Waals surface area contributed by atoms with Gasteiger partial charge < -0.3 is 48.5 Å². The predicted molar refractivity (Wildman–Crippen MR) is 347 cm³/mol. The van der Waals surface area contributed by atoms with Crippen LogP contribution in [0.25, 0.3) is 32.7 Å². The van der Waals surface area contributed by atoms with E-state index in [-0.39, 0.29) is 23.3 Å². The van der Waals surface area contributed by atoms with Crippen LogP contribution in [-0.4, -0.2) is 55.3 Å². The normalized spacial score (nSPS) is 10.7. The monoisotopic (exact) mass is 1210 g/mol. The largest absolute Gasteiger partial charge is 0.493 e. The molecule has 0 atom stereocenters. The minimum atomic E-state index is -1.02. The van der Waals surface area contributed by atoms with Crippen molar-refractivity contribution in [2.45, 2.75) is 53.5 Å². The number of methoxy groups -OCH3 is 1. The molecule has 3 heterocycles. The summed E-state index contributed by atoms with van der Waals surface area (Å²) in [5.41, 5.74) is 10.4. The smallest absolute Gasteiger partial charge is 0.335 e. The van der Waals surface area contributed by atoms with Crippen LogP contribution in [0.4, 0.5) is 0 Å². The average molecular weight is 1210 g/mol. The van der Waals surface area contributed by atoms with Crippen LogP contribution in [0.1, 0.15) is 76.0 Å². The summed E-state index contributed by atoms with van der Waals surface area (Å²) in [6.45, 7) is 5.71. The fourth-order valence-corrected chi connectivity index (χ4v) is 9.48. The molecule has 456 valence electrons. The number of hydrogen-bond acceptors (Lipinski definition) is 13. The molecule has 0 amide bonds. The van der Waals surface area contributed by atoms with Crippen molar-refractivity contribution in [3.63, 3.8) is 0 Å². The first-order chi connectivity index (χ1) is 44.3. The lowest BCUT2D eigenvalue weighted by molar-refractivity contribution is 0.0685. The second-order valence-corrected chi connectivity index (χ2v) is 20.9. The van der Waals surface area contributed by atoms with Crippen molar-refractivity contribution >= 4 is 50.6 Å². The molecule has 0 radical (unpaired) electrons. The van der Waals surface area contributed by atoms with Gasteiger partial charge >= 0.3 is 17.9 Å². The van der Waals surface area contributed by atoms with Gasteiger partial charge in [-0.15, -0.1) is 0 Å². The van der Waals surface area contributed by atoms with E-state index in [2.05, 4.69) is 15.0 Å². The SMILES string of the molecule is COc1cc(C(=O)O)ccc1OCc1cccc(OCc2ccc3ccccc3n2)c1.Cc1cc(OCc2cccc(OCc3ccc4ccccc4n3)c2)ccc1C(=O)O.Cc1ccc(C(=O)O)cc1OCc1cccc(OCc2ccc3ccccc3n2)c1. The minimum absolute atomic E-state index is 0.141. The van der Waals surface area contributed by atoms with Gasteiger partial charge in [0.05, 0.1) is 57.4 Å². The number of hydrogen-bond donors (Lipinski definition) is 3. The molecule has 0 aliphatic heterocycles. The molecule has 0 saturated heterocycles. The summed E-state index contributed by atoms with van der Waals surface area (Å²) in [7, 11) is 1.48. The van der Waals surface area contributed by atoms with Crippen molar-refractivity contribution in [2.24, 2.45) is 0 Å². The maximum absolute atomic E-state index is 11.2. The molecule has 0 bridgehead atoms. The zero-order valence-corrected chi connectivity index (χ0v) is 50.0. The number of nitrogens with zero attached hydrogens (tertiary/aromatic N) is 3. The molecule has 3 N–H and O–H groups in total. The highest BCUT2D eigenvalue weighted by molar-refractivity contribution is 5.90. The Kier molecular flexibility index (Phi) is 20.7. The topological polar surface area (TPSA) is 215 Å². The highest BCUT2D eigenvalue weighted by Gasteiger charge is 2.13. The highest BCUT2D eigenvalue weighted by Crippen LogP contribution is 2.30. The lowest BCUT2D eigenvalue weighted by Crippen LogP contribution is -2.02. The van der Waals surface area contributed by atoms with Crippen molar-refractivity contribution in [3.05, 3.63) is 298 Å². The van der Waals surface area contributed by atoms with Gasteiger partial charge in [-0.25, -0.2) is 29.3 Å².